The van der Waals surface area contributed by atoms with Crippen LogP contribution < -0.4 is 9.47 Å². The Morgan fingerprint density at radius 2 is 2.13 bits per heavy atom. The predicted octanol–water partition coefficient (Wildman–Crippen LogP) is 3.12. The second-order valence-corrected chi connectivity index (χ2v) is 9.85. The molecule has 0 saturated carbocycles. The molecule has 2 atom stereocenters. The Hall–Kier alpha value is -4.19. The van der Waals surface area contributed by atoms with Gasteiger partial charge in [-0.1, -0.05) is 0 Å². The van der Waals surface area contributed by atoms with Crippen LogP contribution in [0, 0.1) is 6.92 Å². The van der Waals surface area contributed by atoms with Crippen molar-refractivity contribution >= 4 is 29.0 Å². The van der Waals surface area contributed by atoms with E-state index < -0.39 is 0 Å². The summed E-state index contributed by atoms with van der Waals surface area (Å²) in [5.41, 5.74) is 5.25. The van der Waals surface area contributed by atoms with E-state index in [1.54, 1.807) is 20.5 Å². The van der Waals surface area contributed by atoms with Crippen LogP contribution in [0.15, 0.2) is 12.3 Å². The summed E-state index contributed by atoms with van der Waals surface area (Å²) in [5.74, 6) is 0.886. The lowest BCUT2D eigenvalue weighted by Gasteiger charge is -2.26. The molecule has 4 aromatic rings. The largest absolute Gasteiger partial charge is 0.476 e. The fourth-order valence-electron chi connectivity index (χ4n) is 4.92. The Bertz CT molecular complexity index is 1550. The molecule has 12 heteroatoms. The topological polar surface area (TPSA) is 136 Å². The first-order valence-electron chi connectivity index (χ1n) is 13.0. The normalized spacial score (nSPS) is 17.2. The number of aliphatic hydroxyl groups excluding tert-OH is 1. The fraction of sp³-hybridized carbons (Fsp3) is 0.444. The molecule has 0 aliphatic carbocycles. The number of hydrogen-bond acceptors (Lipinski definition) is 8. The number of pyridine rings is 1. The molecule has 206 valence electrons. The number of carbonyl (C=O) groups excluding carboxylic acids is 1. The highest BCUT2D eigenvalue weighted by Gasteiger charge is 2.27. The zero-order valence-corrected chi connectivity index (χ0v) is 23.1. The van der Waals surface area contributed by atoms with Gasteiger partial charge in [0.25, 0.3) is 0 Å². The summed E-state index contributed by atoms with van der Waals surface area (Å²) < 4.78 is 15.8. The van der Waals surface area contributed by atoms with Gasteiger partial charge in [-0.15, -0.1) is 5.10 Å². The zero-order chi connectivity index (χ0) is 27.8. The molecular weight excluding hydrogens is 500 g/mol. The van der Waals surface area contributed by atoms with Gasteiger partial charge in [0.05, 0.1) is 78.0 Å². The third-order valence-electron chi connectivity index (χ3n) is 6.87. The molecule has 4 aromatic heterocycles. The van der Waals surface area contributed by atoms with Gasteiger partial charge in [-0.05, 0) is 45.9 Å². The molecular formula is C27H34N8O4. The SMILES string of the molecule is CCOc1nn(C(C)CO)c2c1/C=C/c1n[nH]c3cnc(cc13)-c1c(C)nn(C)c1OC(C)CN(C(C)=O)C2. The third-order valence-corrected chi connectivity index (χ3v) is 6.87. The van der Waals surface area contributed by atoms with Gasteiger partial charge in [-0.25, -0.2) is 4.68 Å². The Morgan fingerprint density at radius 1 is 1.33 bits per heavy atom. The van der Waals surface area contributed by atoms with E-state index in [4.69, 9.17) is 9.47 Å². The van der Waals surface area contributed by atoms with Gasteiger partial charge >= 0.3 is 0 Å². The van der Waals surface area contributed by atoms with E-state index in [1.807, 2.05) is 53.0 Å². The monoisotopic (exact) mass is 534 g/mol. The molecule has 5 rings (SSSR count). The number of nitrogens with zero attached hydrogens (tertiary/aromatic N) is 7. The Morgan fingerprint density at radius 3 is 2.85 bits per heavy atom. The number of carbonyl (C=O) groups is 1. The highest BCUT2D eigenvalue weighted by atomic mass is 16.5. The van der Waals surface area contributed by atoms with Crippen LogP contribution in [0.3, 0.4) is 0 Å². The Labute approximate surface area is 226 Å². The minimum atomic E-state index is -0.363. The average Bonchev–Trinajstić information content (AvgIpc) is 3.54. The van der Waals surface area contributed by atoms with Crippen molar-refractivity contribution in [2.24, 2.45) is 7.05 Å². The Balaban J connectivity index is 1.75. The first-order valence-corrected chi connectivity index (χ1v) is 13.0. The number of aliphatic hydroxyl groups is 1. The molecule has 1 amide bonds. The molecule has 0 aromatic carbocycles. The van der Waals surface area contributed by atoms with Crippen LogP contribution in [0.25, 0.3) is 34.3 Å². The maximum absolute atomic E-state index is 12.9. The van der Waals surface area contributed by atoms with Gasteiger partial charge in [-0.2, -0.15) is 10.2 Å². The quantitative estimate of drug-likeness (QED) is 0.408. The van der Waals surface area contributed by atoms with Crippen molar-refractivity contribution in [3.05, 3.63) is 34.9 Å². The van der Waals surface area contributed by atoms with Crippen molar-refractivity contribution in [1.82, 2.24) is 39.6 Å². The zero-order valence-electron chi connectivity index (χ0n) is 23.1. The second kappa shape index (κ2) is 10.5. The number of nitrogens with one attached hydrogen (secondary N) is 1. The van der Waals surface area contributed by atoms with Gasteiger partial charge in [0.2, 0.25) is 17.7 Å². The average molecular weight is 535 g/mol. The lowest BCUT2D eigenvalue weighted by atomic mass is 10.1. The first kappa shape index (κ1) is 26.4. The van der Waals surface area contributed by atoms with E-state index in [0.29, 0.717) is 36.3 Å². The molecule has 0 saturated heterocycles. The highest BCUT2D eigenvalue weighted by molar-refractivity contribution is 5.92. The smallest absolute Gasteiger partial charge is 0.240 e. The lowest BCUT2D eigenvalue weighted by Crippen LogP contribution is -2.38. The fourth-order valence-corrected chi connectivity index (χ4v) is 4.92. The highest BCUT2D eigenvalue weighted by Crippen LogP contribution is 2.35. The number of amides is 1. The van der Waals surface area contributed by atoms with Crippen molar-refractivity contribution in [2.45, 2.75) is 53.3 Å². The number of rotatable bonds is 4. The van der Waals surface area contributed by atoms with E-state index in [2.05, 4.69) is 25.4 Å². The number of H-pyrrole nitrogens is 1. The minimum absolute atomic E-state index is 0.115. The lowest BCUT2D eigenvalue weighted by molar-refractivity contribution is -0.130. The van der Waals surface area contributed by atoms with E-state index >= 15 is 0 Å². The van der Waals surface area contributed by atoms with Crippen molar-refractivity contribution < 1.29 is 19.4 Å². The summed E-state index contributed by atoms with van der Waals surface area (Å²) in [4.78, 5) is 19.2. The number of aryl methyl sites for hydroxylation is 2. The summed E-state index contributed by atoms with van der Waals surface area (Å²) in [6.07, 6.45) is 5.19. The van der Waals surface area contributed by atoms with Gasteiger partial charge in [0.15, 0.2) is 0 Å². The molecule has 0 fully saturated rings. The maximum Gasteiger partial charge on any atom is 0.240 e. The standard InChI is InChI=1S/C27H34N8O4/c1-7-38-26-19-8-9-21-20-10-22(28-11-23(20)30-29-21)25-17(4)31-33(6)27(25)39-16(3)12-34(18(5)37)13-24(19)35(32-26)15(2)14-36/h8-11,15-16,36H,7,12-14H2,1-6H3,(H,29,30)/b9-8+. The van der Waals surface area contributed by atoms with Gasteiger partial charge in [0, 0.05) is 19.4 Å². The van der Waals surface area contributed by atoms with Crippen molar-refractivity contribution in [1.29, 1.82) is 0 Å². The summed E-state index contributed by atoms with van der Waals surface area (Å²) in [6, 6.07) is 1.65. The van der Waals surface area contributed by atoms with Gasteiger partial charge in [0.1, 0.15) is 6.10 Å². The number of aromatic nitrogens is 7. The minimum Gasteiger partial charge on any atom is -0.476 e. The van der Waals surface area contributed by atoms with Crippen LogP contribution >= 0.6 is 0 Å². The molecule has 1 aliphatic heterocycles. The van der Waals surface area contributed by atoms with Crippen molar-refractivity contribution in [3.8, 4) is 23.0 Å². The number of hydrogen-bond donors (Lipinski definition) is 2. The first-order chi connectivity index (χ1) is 18.7. The summed E-state index contributed by atoms with van der Waals surface area (Å²) in [5, 5.41) is 27.7. The van der Waals surface area contributed by atoms with Gasteiger partial charge < -0.3 is 19.5 Å². The number of aromatic amines is 1. The van der Waals surface area contributed by atoms with E-state index in [9.17, 15) is 9.90 Å². The number of fused-ring (bicyclic) bond motifs is 4. The van der Waals surface area contributed by atoms with E-state index in [-0.39, 0.29) is 31.2 Å². The molecule has 2 N–H and O–H groups in total. The van der Waals surface area contributed by atoms with Gasteiger partial charge in [-0.3, -0.25) is 19.6 Å². The van der Waals surface area contributed by atoms with Crippen LogP contribution in [-0.4, -0.2) is 76.5 Å². The third kappa shape index (κ3) is 4.87. The van der Waals surface area contributed by atoms with E-state index in [1.165, 1.54) is 6.92 Å². The second-order valence-electron chi connectivity index (χ2n) is 9.85. The van der Waals surface area contributed by atoms with Crippen LogP contribution in [0.5, 0.6) is 11.8 Å². The molecule has 1 aliphatic rings. The molecule has 5 heterocycles. The molecule has 2 bridgehead atoms. The molecule has 12 nitrogen and oxygen atoms in total. The molecule has 2 unspecified atom stereocenters. The van der Waals surface area contributed by atoms with Crippen LogP contribution in [0.4, 0.5) is 0 Å². The van der Waals surface area contributed by atoms with Crippen LogP contribution in [0.2, 0.25) is 0 Å². The van der Waals surface area contributed by atoms with Crippen molar-refractivity contribution in [3.63, 3.8) is 0 Å². The molecule has 0 radical (unpaired) electrons. The number of ether oxygens (including phenoxy) is 2. The van der Waals surface area contributed by atoms with Crippen LogP contribution in [0.1, 0.15) is 56.4 Å². The maximum atomic E-state index is 12.9. The summed E-state index contributed by atoms with van der Waals surface area (Å²) >= 11 is 0. The predicted molar refractivity (Wildman–Crippen MR) is 146 cm³/mol. The summed E-state index contributed by atoms with van der Waals surface area (Å²) in [7, 11) is 1.83. The van der Waals surface area contributed by atoms with E-state index in [0.717, 1.165) is 33.4 Å². The molecule has 39 heavy (non-hydrogen) atoms. The van der Waals surface area contributed by atoms with Crippen molar-refractivity contribution in [2.75, 3.05) is 19.8 Å². The molecule has 0 spiro atoms. The Kier molecular flexibility index (Phi) is 7.13. The van der Waals surface area contributed by atoms with Crippen LogP contribution in [-0.2, 0) is 18.4 Å². The summed E-state index contributed by atoms with van der Waals surface area (Å²) in [6.45, 7) is 10.00.